The Morgan fingerprint density at radius 3 is 2.47 bits per heavy atom. The fraction of sp³-hybridized carbons (Fsp3) is 1.00. The van der Waals surface area contributed by atoms with Crippen LogP contribution in [0.25, 0.3) is 0 Å². The Balaban J connectivity index is 1.70. The number of nitrogens with zero attached hydrogens (tertiary/aromatic N) is 2. The van der Waals surface area contributed by atoms with Gasteiger partial charge in [-0.3, -0.25) is 4.90 Å². The van der Waals surface area contributed by atoms with E-state index in [1.54, 1.807) is 0 Å². The molecule has 0 aromatic rings. The number of aliphatic hydroxyl groups excluding tert-OH is 2. The Labute approximate surface area is 103 Å². The van der Waals surface area contributed by atoms with Crippen molar-refractivity contribution in [2.45, 2.75) is 12.5 Å². The Morgan fingerprint density at radius 2 is 1.82 bits per heavy atom. The van der Waals surface area contributed by atoms with E-state index in [0.29, 0.717) is 13.2 Å². The molecule has 2 unspecified atom stereocenters. The van der Waals surface area contributed by atoms with Crippen molar-refractivity contribution in [3.63, 3.8) is 0 Å². The quantitative estimate of drug-likeness (QED) is 0.664. The van der Waals surface area contributed by atoms with Crippen LogP contribution in [0.5, 0.6) is 0 Å². The highest BCUT2D eigenvalue weighted by Gasteiger charge is 2.27. The fourth-order valence-corrected chi connectivity index (χ4v) is 2.63. The first kappa shape index (κ1) is 13.2. The Bertz CT molecular complexity index is 220. The molecule has 0 amide bonds. The summed E-state index contributed by atoms with van der Waals surface area (Å²) in [7, 11) is 0. The average molecular weight is 244 g/mol. The molecule has 0 aliphatic carbocycles. The van der Waals surface area contributed by atoms with Crippen molar-refractivity contribution in [1.29, 1.82) is 0 Å². The summed E-state index contributed by atoms with van der Waals surface area (Å²) in [5, 5.41) is 18.8. The van der Waals surface area contributed by atoms with Crippen LogP contribution in [0.3, 0.4) is 0 Å². The predicted octanol–water partition coefficient (Wildman–Crippen LogP) is -1.01. The lowest BCUT2D eigenvalue weighted by Crippen LogP contribution is -2.50. The summed E-state index contributed by atoms with van der Waals surface area (Å²) in [4.78, 5) is 4.68. The lowest BCUT2D eigenvalue weighted by molar-refractivity contribution is -0.0504. The van der Waals surface area contributed by atoms with Gasteiger partial charge in [-0.05, 0) is 6.42 Å². The van der Waals surface area contributed by atoms with E-state index in [4.69, 9.17) is 9.84 Å². The molecule has 2 N–H and O–H groups in total. The fourth-order valence-electron chi connectivity index (χ4n) is 2.63. The molecule has 2 heterocycles. The number of aliphatic hydroxyl groups is 2. The van der Waals surface area contributed by atoms with Gasteiger partial charge in [0.15, 0.2) is 0 Å². The van der Waals surface area contributed by atoms with Crippen LogP contribution in [0.4, 0.5) is 0 Å². The maximum atomic E-state index is 9.89. The van der Waals surface area contributed by atoms with Crippen molar-refractivity contribution in [2.75, 3.05) is 59.1 Å². The molecular weight excluding hydrogens is 220 g/mol. The van der Waals surface area contributed by atoms with E-state index in [9.17, 15) is 5.11 Å². The van der Waals surface area contributed by atoms with Crippen LogP contribution >= 0.6 is 0 Å². The molecule has 17 heavy (non-hydrogen) atoms. The molecule has 0 aromatic heterocycles. The molecule has 0 bridgehead atoms. The van der Waals surface area contributed by atoms with Gasteiger partial charge in [0.1, 0.15) is 0 Å². The van der Waals surface area contributed by atoms with Gasteiger partial charge in [-0.25, -0.2) is 0 Å². The first-order valence-corrected chi connectivity index (χ1v) is 6.61. The number of hydrogen-bond donors (Lipinski definition) is 2. The summed E-state index contributed by atoms with van der Waals surface area (Å²) < 4.78 is 5.42. The molecule has 0 spiro atoms. The second kappa shape index (κ2) is 6.66. The highest BCUT2D eigenvalue weighted by Crippen LogP contribution is 2.16. The Hall–Kier alpha value is -0.200. The molecule has 2 saturated heterocycles. The molecule has 0 aromatic carbocycles. The van der Waals surface area contributed by atoms with Crippen molar-refractivity contribution in [3.05, 3.63) is 0 Å². The lowest BCUT2D eigenvalue weighted by Gasteiger charge is -2.38. The van der Waals surface area contributed by atoms with Crippen molar-refractivity contribution in [2.24, 2.45) is 5.92 Å². The van der Waals surface area contributed by atoms with Gasteiger partial charge in [0, 0.05) is 51.8 Å². The van der Waals surface area contributed by atoms with Gasteiger partial charge in [-0.1, -0.05) is 0 Å². The van der Waals surface area contributed by atoms with Crippen LogP contribution in [0.1, 0.15) is 6.42 Å². The van der Waals surface area contributed by atoms with Crippen molar-refractivity contribution in [1.82, 2.24) is 9.80 Å². The smallest absolute Gasteiger partial charge is 0.0624 e. The summed E-state index contributed by atoms with van der Waals surface area (Å²) >= 11 is 0. The summed E-state index contributed by atoms with van der Waals surface area (Å²) in [6.07, 6.45) is 0.578. The lowest BCUT2D eigenvalue weighted by atomic mass is 9.98. The summed E-state index contributed by atoms with van der Waals surface area (Å²) in [6.45, 7) is 7.45. The SMILES string of the molecule is OCCN1CCN(CC2COCCC2O)CC1. The monoisotopic (exact) mass is 244 g/mol. The summed E-state index contributed by atoms with van der Waals surface area (Å²) in [6, 6.07) is 0. The minimum Gasteiger partial charge on any atom is -0.395 e. The molecule has 0 radical (unpaired) electrons. The van der Waals surface area contributed by atoms with Gasteiger partial charge in [0.05, 0.1) is 19.3 Å². The van der Waals surface area contributed by atoms with Gasteiger partial charge in [-0.15, -0.1) is 0 Å². The van der Waals surface area contributed by atoms with E-state index in [1.807, 2.05) is 0 Å². The molecule has 2 aliphatic rings. The Morgan fingerprint density at radius 1 is 1.12 bits per heavy atom. The molecule has 5 heteroatoms. The number of ether oxygens (including phenoxy) is 1. The van der Waals surface area contributed by atoms with Gasteiger partial charge in [0.25, 0.3) is 0 Å². The second-order valence-electron chi connectivity index (χ2n) is 5.06. The van der Waals surface area contributed by atoms with Crippen molar-refractivity contribution in [3.8, 4) is 0 Å². The van der Waals surface area contributed by atoms with Crippen LogP contribution in [-0.4, -0.2) is 85.2 Å². The Kier molecular flexibility index (Phi) is 5.18. The first-order valence-electron chi connectivity index (χ1n) is 6.61. The maximum Gasteiger partial charge on any atom is 0.0624 e. The molecule has 0 saturated carbocycles. The minimum atomic E-state index is -0.195. The maximum absolute atomic E-state index is 9.89. The van der Waals surface area contributed by atoms with Gasteiger partial charge < -0.3 is 19.8 Å². The van der Waals surface area contributed by atoms with Crippen molar-refractivity contribution < 1.29 is 14.9 Å². The normalized spacial score (nSPS) is 32.8. The van der Waals surface area contributed by atoms with Crippen molar-refractivity contribution >= 4 is 0 Å². The number of hydrogen-bond acceptors (Lipinski definition) is 5. The van der Waals surface area contributed by atoms with Crippen LogP contribution in [0.15, 0.2) is 0 Å². The highest BCUT2D eigenvalue weighted by atomic mass is 16.5. The van der Waals surface area contributed by atoms with E-state index in [2.05, 4.69) is 9.80 Å². The van der Waals surface area contributed by atoms with Crippen LogP contribution in [0.2, 0.25) is 0 Å². The van der Waals surface area contributed by atoms with Crippen LogP contribution < -0.4 is 0 Å². The highest BCUT2D eigenvalue weighted by molar-refractivity contribution is 4.79. The summed E-state index contributed by atoms with van der Waals surface area (Å²) in [5.41, 5.74) is 0. The molecule has 2 fully saturated rings. The zero-order valence-electron chi connectivity index (χ0n) is 10.4. The molecule has 2 aliphatic heterocycles. The number of piperazine rings is 1. The van der Waals surface area contributed by atoms with Crippen LogP contribution in [-0.2, 0) is 4.74 Å². The van der Waals surface area contributed by atoms with E-state index in [-0.39, 0.29) is 18.6 Å². The minimum absolute atomic E-state index is 0.195. The standard InChI is InChI=1S/C12H24N2O3/c15-7-6-13-2-4-14(5-3-13)9-11-10-17-8-1-12(11)16/h11-12,15-16H,1-10H2. The largest absolute Gasteiger partial charge is 0.395 e. The van der Waals surface area contributed by atoms with Gasteiger partial charge in [0.2, 0.25) is 0 Å². The van der Waals surface area contributed by atoms with E-state index < -0.39 is 0 Å². The second-order valence-corrected chi connectivity index (χ2v) is 5.06. The zero-order chi connectivity index (χ0) is 12.1. The average Bonchev–Trinajstić information content (AvgIpc) is 2.35. The third-order valence-electron chi connectivity index (χ3n) is 3.81. The number of β-amino-alcohol motifs (C(OH)–C–C–N with tert-alkyl or cyclic N) is 1. The van der Waals surface area contributed by atoms with E-state index in [0.717, 1.165) is 45.7 Å². The first-order chi connectivity index (χ1) is 8.29. The summed E-state index contributed by atoms with van der Waals surface area (Å²) in [5.74, 6) is 0.271. The number of rotatable bonds is 4. The van der Waals surface area contributed by atoms with Crippen LogP contribution in [0, 0.1) is 5.92 Å². The van der Waals surface area contributed by atoms with Gasteiger partial charge in [-0.2, -0.15) is 0 Å². The predicted molar refractivity (Wildman–Crippen MR) is 64.9 cm³/mol. The molecule has 5 nitrogen and oxygen atoms in total. The third kappa shape index (κ3) is 3.89. The van der Waals surface area contributed by atoms with E-state index in [1.165, 1.54) is 0 Å². The molecule has 2 atom stereocenters. The zero-order valence-corrected chi connectivity index (χ0v) is 10.4. The van der Waals surface area contributed by atoms with Gasteiger partial charge >= 0.3 is 0 Å². The molecular formula is C12H24N2O3. The third-order valence-corrected chi connectivity index (χ3v) is 3.81. The molecule has 100 valence electrons. The van der Waals surface area contributed by atoms with E-state index >= 15 is 0 Å². The topological polar surface area (TPSA) is 56.2 Å². The molecule has 2 rings (SSSR count).